The first-order valence-corrected chi connectivity index (χ1v) is 10.1. The van der Waals surface area contributed by atoms with Crippen molar-refractivity contribution in [2.24, 2.45) is 0 Å². The van der Waals surface area contributed by atoms with Gasteiger partial charge in [0.15, 0.2) is 5.82 Å². The molecule has 2 aromatic carbocycles. The van der Waals surface area contributed by atoms with Crippen molar-refractivity contribution < 1.29 is 4.74 Å². The molecular weight excluding hydrogens is 384 g/mol. The normalized spacial score (nSPS) is 11.4. The molecule has 146 valence electrons. The Hall–Kier alpha value is -3.39. The lowest BCUT2D eigenvalue weighted by atomic mass is 10.1. The minimum Gasteiger partial charge on any atom is -0.497 e. The van der Waals surface area contributed by atoms with Crippen LogP contribution in [0.2, 0.25) is 0 Å². The molecule has 3 aromatic heterocycles. The second-order valence-electron chi connectivity index (χ2n) is 7.06. The third kappa shape index (κ3) is 3.11. The van der Waals surface area contributed by atoms with Crippen LogP contribution < -0.4 is 9.64 Å². The van der Waals surface area contributed by atoms with E-state index in [2.05, 4.69) is 50.4 Å². The number of fused-ring (bicyclic) bond motifs is 2. The molecule has 7 nitrogen and oxygen atoms in total. The highest BCUT2D eigenvalue weighted by Crippen LogP contribution is 2.28. The maximum absolute atomic E-state index is 5.37. The summed E-state index contributed by atoms with van der Waals surface area (Å²) in [7, 11) is 5.73. The van der Waals surface area contributed by atoms with Gasteiger partial charge < -0.3 is 14.6 Å². The van der Waals surface area contributed by atoms with Crippen LogP contribution in [0.3, 0.4) is 0 Å². The van der Waals surface area contributed by atoms with Crippen molar-refractivity contribution >= 4 is 32.9 Å². The van der Waals surface area contributed by atoms with E-state index in [4.69, 9.17) is 9.84 Å². The molecule has 0 aliphatic carbocycles. The molecule has 0 fully saturated rings. The number of hydrogen-bond acceptors (Lipinski definition) is 6. The fourth-order valence-corrected chi connectivity index (χ4v) is 4.27. The van der Waals surface area contributed by atoms with Gasteiger partial charge in [-0.05, 0) is 48.0 Å². The number of methoxy groups -OCH3 is 1. The van der Waals surface area contributed by atoms with Crippen molar-refractivity contribution in [1.29, 1.82) is 0 Å². The van der Waals surface area contributed by atoms with E-state index < -0.39 is 0 Å². The van der Waals surface area contributed by atoms with Gasteiger partial charge in [0.25, 0.3) is 0 Å². The molecule has 5 rings (SSSR count). The molecule has 8 heteroatoms. The van der Waals surface area contributed by atoms with Crippen LogP contribution in [0.15, 0.2) is 48.7 Å². The van der Waals surface area contributed by atoms with Gasteiger partial charge in [0.05, 0.1) is 7.11 Å². The number of aromatic nitrogens is 5. The number of anilines is 1. The fraction of sp³-hybridized carbons (Fsp3) is 0.190. The largest absolute Gasteiger partial charge is 0.497 e. The second kappa shape index (κ2) is 6.89. The van der Waals surface area contributed by atoms with E-state index >= 15 is 0 Å². The molecule has 0 aliphatic heterocycles. The fourth-order valence-electron chi connectivity index (χ4n) is 3.41. The molecule has 3 heterocycles. The Morgan fingerprint density at radius 2 is 1.93 bits per heavy atom. The molecule has 0 amide bonds. The average Bonchev–Trinajstić information content (AvgIpc) is 3.42. The molecule has 0 radical (unpaired) electrons. The number of rotatable bonds is 5. The van der Waals surface area contributed by atoms with Gasteiger partial charge in [-0.15, -0.1) is 10.2 Å². The van der Waals surface area contributed by atoms with Gasteiger partial charge in [-0.2, -0.15) is 9.61 Å². The summed E-state index contributed by atoms with van der Waals surface area (Å²) in [6.45, 7) is 0. The lowest BCUT2D eigenvalue weighted by Gasteiger charge is -2.11. The summed E-state index contributed by atoms with van der Waals surface area (Å²) in [4.78, 5) is 6.19. The van der Waals surface area contributed by atoms with Crippen molar-refractivity contribution in [3.05, 3.63) is 59.2 Å². The maximum atomic E-state index is 5.37. The summed E-state index contributed by atoms with van der Waals surface area (Å²) in [5.74, 6) is 1.60. The molecular formula is C21H20N6OS. The second-order valence-corrected chi connectivity index (χ2v) is 8.10. The Bertz CT molecular complexity index is 1300. The summed E-state index contributed by atoms with van der Waals surface area (Å²) in [6, 6.07) is 14.3. The predicted octanol–water partition coefficient (Wildman–Crippen LogP) is 4.00. The Labute approximate surface area is 171 Å². The summed E-state index contributed by atoms with van der Waals surface area (Å²) in [6.07, 6.45) is 2.76. The summed E-state index contributed by atoms with van der Waals surface area (Å²) >= 11 is 1.56. The van der Waals surface area contributed by atoms with E-state index in [0.29, 0.717) is 0 Å². The molecule has 0 atom stereocenters. The van der Waals surface area contributed by atoms with Crippen molar-refractivity contribution in [1.82, 2.24) is 24.8 Å². The third-order valence-corrected chi connectivity index (χ3v) is 5.89. The lowest BCUT2D eigenvalue weighted by Crippen LogP contribution is -2.08. The lowest BCUT2D eigenvalue weighted by molar-refractivity contribution is 0.415. The Balaban J connectivity index is 1.48. The van der Waals surface area contributed by atoms with Gasteiger partial charge in [-0.25, -0.2) is 0 Å². The quantitative estimate of drug-likeness (QED) is 0.479. The third-order valence-electron chi connectivity index (χ3n) is 4.99. The van der Waals surface area contributed by atoms with Gasteiger partial charge in [0.2, 0.25) is 4.96 Å². The number of nitrogens with one attached hydrogen (secondary N) is 1. The van der Waals surface area contributed by atoms with Crippen molar-refractivity contribution in [3.8, 4) is 17.1 Å². The number of aromatic amines is 1. The van der Waals surface area contributed by atoms with Crippen LogP contribution >= 0.6 is 11.3 Å². The van der Waals surface area contributed by atoms with E-state index in [-0.39, 0.29) is 0 Å². The van der Waals surface area contributed by atoms with Crippen molar-refractivity contribution in [2.75, 3.05) is 26.1 Å². The maximum Gasteiger partial charge on any atom is 0.234 e. The van der Waals surface area contributed by atoms with Crippen LogP contribution in [0, 0.1) is 0 Å². The first-order chi connectivity index (χ1) is 14.1. The Kier molecular flexibility index (Phi) is 4.21. The van der Waals surface area contributed by atoms with E-state index in [1.54, 1.807) is 18.4 Å². The van der Waals surface area contributed by atoms with Crippen LogP contribution in [0.5, 0.6) is 5.75 Å². The SMILES string of the molecule is COc1ccc2[nH]cc(Cc3nn4c(-c5ccc(N(C)C)cc5)nnc4s3)c2c1. The van der Waals surface area contributed by atoms with Crippen LogP contribution in [0.25, 0.3) is 27.3 Å². The molecule has 29 heavy (non-hydrogen) atoms. The zero-order valence-electron chi connectivity index (χ0n) is 16.4. The van der Waals surface area contributed by atoms with Crippen molar-refractivity contribution in [3.63, 3.8) is 0 Å². The van der Waals surface area contributed by atoms with Gasteiger partial charge in [-0.3, -0.25) is 0 Å². The first kappa shape index (κ1) is 17.7. The summed E-state index contributed by atoms with van der Waals surface area (Å²) in [5.41, 5.74) is 4.41. The monoisotopic (exact) mass is 404 g/mol. The summed E-state index contributed by atoms with van der Waals surface area (Å²) in [5, 5.41) is 15.6. The van der Waals surface area contributed by atoms with Gasteiger partial charge in [-0.1, -0.05) is 11.3 Å². The standard InChI is InChI=1S/C21H20N6OS/c1-26(2)15-6-4-13(5-7-15)20-23-24-21-27(20)25-19(29-21)10-14-12-22-18-9-8-16(28-3)11-17(14)18/h4-9,11-12,22H,10H2,1-3H3. The zero-order chi connectivity index (χ0) is 20.0. The van der Waals surface area contributed by atoms with Gasteiger partial charge >= 0.3 is 0 Å². The number of H-pyrrole nitrogens is 1. The van der Waals surface area contributed by atoms with Gasteiger partial charge in [0, 0.05) is 48.9 Å². The molecule has 0 aliphatic rings. The van der Waals surface area contributed by atoms with E-state index in [9.17, 15) is 0 Å². The van der Waals surface area contributed by atoms with Crippen LogP contribution in [-0.4, -0.2) is 46.0 Å². The van der Waals surface area contributed by atoms with Crippen LogP contribution in [-0.2, 0) is 6.42 Å². The topological polar surface area (TPSA) is 71.3 Å². The Morgan fingerprint density at radius 1 is 1.10 bits per heavy atom. The number of hydrogen-bond donors (Lipinski definition) is 1. The molecule has 0 saturated heterocycles. The van der Waals surface area contributed by atoms with Crippen molar-refractivity contribution in [2.45, 2.75) is 6.42 Å². The molecule has 5 aromatic rings. The van der Waals surface area contributed by atoms with E-state index in [1.807, 2.05) is 36.9 Å². The highest BCUT2D eigenvalue weighted by Gasteiger charge is 2.15. The van der Waals surface area contributed by atoms with Crippen LogP contribution in [0.1, 0.15) is 10.6 Å². The molecule has 0 bridgehead atoms. The highest BCUT2D eigenvalue weighted by atomic mass is 32.1. The first-order valence-electron chi connectivity index (χ1n) is 9.25. The molecule has 0 spiro atoms. The van der Waals surface area contributed by atoms with E-state index in [1.165, 1.54) is 5.56 Å². The molecule has 0 saturated carbocycles. The minimum absolute atomic E-state index is 0.722. The molecule has 0 unspecified atom stereocenters. The van der Waals surface area contributed by atoms with E-state index in [0.717, 1.165) is 50.1 Å². The summed E-state index contributed by atoms with van der Waals surface area (Å²) < 4.78 is 7.20. The minimum atomic E-state index is 0.722. The number of benzene rings is 2. The average molecular weight is 404 g/mol. The Morgan fingerprint density at radius 3 is 2.69 bits per heavy atom. The zero-order valence-corrected chi connectivity index (χ0v) is 17.2. The highest BCUT2D eigenvalue weighted by molar-refractivity contribution is 7.16. The smallest absolute Gasteiger partial charge is 0.234 e. The number of nitrogens with zero attached hydrogens (tertiary/aromatic N) is 5. The predicted molar refractivity (Wildman–Crippen MR) is 116 cm³/mol. The van der Waals surface area contributed by atoms with Crippen LogP contribution in [0.4, 0.5) is 5.69 Å². The van der Waals surface area contributed by atoms with Gasteiger partial charge in [0.1, 0.15) is 10.8 Å². The number of ether oxygens (including phenoxy) is 1. The molecule has 1 N–H and O–H groups in total.